The van der Waals surface area contributed by atoms with E-state index in [1.54, 1.807) is 0 Å². The van der Waals surface area contributed by atoms with Crippen LogP contribution < -0.4 is 5.73 Å². The van der Waals surface area contributed by atoms with E-state index in [2.05, 4.69) is 44.9 Å². The molecule has 0 radical (unpaired) electrons. The van der Waals surface area contributed by atoms with Gasteiger partial charge in [-0.25, -0.2) is 0 Å². The van der Waals surface area contributed by atoms with Gasteiger partial charge in [0.25, 0.3) is 0 Å². The summed E-state index contributed by atoms with van der Waals surface area (Å²) in [5.41, 5.74) is 8.08. The number of anilines is 1. The van der Waals surface area contributed by atoms with Gasteiger partial charge in [-0.3, -0.25) is 9.80 Å². The van der Waals surface area contributed by atoms with Crippen LogP contribution in [0.15, 0.2) is 22.7 Å². The first-order valence-corrected chi connectivity index (χ1v) is 7.90. The molecule has 1 aromatic carbocycles. The molecular weight excluding hydrogens is 302 g/mol. The van der Waals surface area contributed by atoms with E-state index in [1.165, 1.54) is 37.9 Å². The summed E-state index contributed by atoms with van der Waals surface area (Å²) in [5.74, 6) is 0. The fourth-order valence-electron chi connectivity index (χ4n) is 3.55. The number of hydrogen-bond acceptors (Lipinski definition) is 3. The van der Waals surface area contributed by atoms with Crippen molar-refractivity contribution in [1.82, 2.24) is 9.80 Å². The summed E-state index contributed by atoms with van der Waals surface area (Å²) < 4.78 is 1.08. The summed E-state index contributed by atoms with van der Waals surface area (Å²) in [6.45, 7) is 3.41. The van der Waals surface area contributed by atoms with E-state index >= 15 is 0 Å². The maximum absolute atomic E-state index is 5.92. The average Bonchev–Trinajstić information content (AvgIpc) is 2.56. The fourth-order valence-corrected chi connectivity index (χ4v) is 4.11. The third-order valence-electron chi connectivity index (χ3n) is 4.62. The van der Waals surface area contributed by atoms with Crippen LogP contribution in [0.25, 0.3) is 0 Å². The van der Waals surface area contributed by atoms with Gasteiger partial charge in [0.05, 0.1) is 0 Å². The predicted octanol–water partition coefficient (Wildman–Crippen LogP) is 2.70. The van der Waals surface area contributed by atoms with Crippen LogP contribution in [0.5, 0.6) is 0 Å². The first-order valence-electron chi connectivity index (χ1n) is 7.11. The fraction of sp³-hybridized carbons (Fsp3) is 0.600. The Hall–Kier alpha value is -0.580. The second-order valence-corrected chi connectivity index (χ2v) is 6.88. The minimum atomic E-state index is 0.747. The topological polar surface area (TPSA) is 32.5 Å². The van der Waals surface area contributed by atoms with Crippen molar-refractivity contribution < 1.29 is 0 Å². The number of nitrogens with two attached hydrogens (primary N) is 1. The third kappa shape index (κ3) is 2.96. The molecule has 0 amide bonds. The van der Waals surface area contributed by atoms with Gasteiger partial charge < -0.3 is 5.73 Å². The van der Waals surface area contributed by atoms with Crippen molar-refractivity contribution in [2.24, 2.45) is 0 Å². The Balaban J connectivity index is 1.70. The van der Waals surface area contributed by atoms with E-state index < -0.39 is 0 Å². The molecule has 104 valence electrons. The van der Waals surface area contributed by atoms with Gasteiger partial charge in [-0.1, -0.05) is 15.9 Å². The highest BCUT2D eigenvalue weighted by atomic mass is 79.9. The van der Waals surface area contributed by atoms with E-state index in [1.807, 2.05) is 6.07 Å². The smallest absolute Gasteiger partial charge is 0.0328 e. The summed E-state index contributed by atoms with van der Waals surface area (Å²) in [7, 11) is 2.29. The lowest BCUT2D eigenvalue weighted by Gasteiger charge is -2.25. The first kappa shape index (κ1) is 13.4. The Morgan fingerprint density at radius 2 is 2.00 bits per heavy atom. The van der Waals surface area contributed by atoms with Gasteiger partial charge >= 0.3 is 0 Å². The zero-order valence-electron chi connectivity index (χ0n) is 11.5. The van der Waals surface area contributed by atoms with Crippen molar-refractivity contribution >= 4 is 21.6 Å². The molecule has 2 unspecified atom stereocenters. The molecule has 2 saturated heterocycles. The molecule has 2 aliphatic rings. The molecule has 2 aliphatic heterocycles. The van der Waals surface area contributed by atoms with Gasteiger partial charge in [0.2, 0.25) is 0 Å². The summed E-state index contributed by atoms with van der Waals surface area (Å²) in [6, 6.07) is 7.79. The van der Waals surface area contributed by atoms with Crippen LogP contribution in [-0.4, -0.2) is 42.0 Å². The lowest BCUT2D eigenvalue weighted by Crippen LogP contribution is -2.36. The molecule has 3 rings (SSSR count). The summed E-state index contributed by atoms with van der Waals surface area (Å²) in [5, 5.41) is 0. The number of hydrogen-bond donors (Lipinski definition) is 1. The number of benzene rings is 1. The zero-order valence-corrected chi connectivity index (χ0v) is 13.1. The maximum atomic E-state index is 5.92. The van der Waals surface area contributed by atoms with E-state index in [0.717, 1.165) is 28.8 Å². The number of fused-ring (bicyclic) bond motifs is 2. The number of nitrogens with zero attached hydrogens (tertiary/aromatic N) is 2. The lowest BCUT2D eigenvalue weighted by molar-refractivity contribution is 0.214. The van der Waals surface area contributed by atoms with Gasteiger partial charge in [-0.05, 0) is 50.1 Å². The van der Waals surface area contributed by atoms with E-state index in [9.17, 15) is 0 Å². The standard InChI is InChI=1S/C15H22BrN3/c1-18-14-2-3-15(18)10-19(5-4-14)9-11-6-12(16)8-13(17)7-11/h6-8,14-15H,2-5,9-10,17H2,1H3. The molecule has 19 heavy (non-hydrogen) atoms. The molecule has 2 bridgehead atoms. The molecule has 2 heterocycles. The van der Waals surface area contributed by atoms with Crippen molar-refractivity contribution in [3.05, 3.63) is 28.2 Å². The lowest BCUT2D eigenvalue weighted by atomic mass is 10.1. The second kappa shape index (κ2) is 5.43. The molecule has 0 saturated carbocycles. The Morgan fingerprint density at radius 1 is 1.21 bits per heavy atom. The molecule has 2 N–H and O–H groups in total. The minimum absolute atomic E-state index is 0.747. The highest BCUT2D eigenvalue weighted by Crippen LogP contribution is 2.29. The Kier molecular flexibility index (Phi) is 3.83. The molecule has 4 heteroatoms. The number of nitrogen functional groups attached to an aromatic ring is 1. The van der Waals surface area contributed by atoms with Crippen LogP contribution in [0.4, 0.5) is 5.69 Å². The average molecular weight is 324 g/mol. The SMILES string of the molecule is CN1C2CCC1CN(Cc1cc(N)cc(Br)c1)CC2. The Morgan fingerprint density at radius 3 is 2.79 bits per heavy atom. The van der Waals surface area contributed by atoms with Crippen molar-refractivity contribution in [3.8, 4) is 0 Å². The Labute approximate surface area is 123 Å². The van der Waals surface area contributed by atoms with Gasteiger partial charge in [0.15, 0.2) is 0 Å². The minimum Gasteiger partial charge on any atom is -0.399 e. The van der Waals surface area contributed by atoms with E-state index in [4.69, 9.17) is 5.73 Å². The molecule has 0 aromatic heterocycles. The van der Waals surface area contributed by atoms with Gasteiger partial charge in [0.1, 0.15) is 0 Å². The molecule has 3 nitrogen and oxygen atoms in total. The quantitative estimate of drug-likeness (QED) is 0.849. The first-order chi connectivity index (χ1) is 9.11. The molecule has 0 aliphatic carbocycles. The monoisotopic (exact) mass is 323 g/mol. The van der Waals surface area contributed by atoms with Crippen LogP contribution in [0.1, 0.15) is 24.8 Å². The van der Waals surface area contributed by atoms with Crippen LogP contribution >= 0.6 is 15.9 Å². The highest BCUT2D eigenvalue weighted by Gasteiger charge is 2.34. The maximum Gasteiger partial charge on any atom is 0.0328 e. The van der Waals surface area contributed by atoms with Crippen LogP contribution in [0, 0.1) is 0 Å². The van der Waals surface area contributed by atoms with E-state index in [-0.39, 0.29) is 0 Å². The van der Waals surface area contributed by atoms with Crippen LogP contribution in [0.3, 0.4) is 0 Å². The Bertz CT molecular complexity index is 442. The molecular formula is C15H22BrN3. The summed E-state index contributed by atoms with van der Waals surface area (Å²) in [6.07, 6.45) is 4.05. The van der Waals surface area contributed by atoms with Gasteiger partial charge in [-0.15, -0.1) is 0 Å². The second-order valence-electron chi connectivity index (χ2n) is 5.97. The largest absolute Gasteiger partial charge is 0.399 e. The van der Waals surface area contributed by atoms with Crippen molar-refractivity contribution in [2.75, 3.05) is 25.9 Å². The number of likely N-dealkylation sites (N-methyl/N-ethyl adjacent to an activating group) is 1. The highest BCUT2D eigenvalue weighted by molar-refractivity contribution is 9.10. The van der Waals surface area contributed by atoms with Gasteiger partial charge in [-0.2, -0.15) is 0 Å². The molecule has 2 fully saturated rings. The van der Waals surface area contributed by atoms with Crippen LogP contribution in [-0.2, 0) is 6.54 Å². The zero-order chi connectivity index (χ0) is 13.4. The number of likely N-dealkylation sites (tertiary alicyclic amines) is 1. The number of rotatable bonds is 2. The summed E-state index contributed by atoms with van der Waals surface area (Å²) in [4.78, 5) is 5.18. The molecule has 2 atom stereocenters. The van der Waals surface area contributed by atoms with Crippen molar-refractivity contribution in [2.45, 2.75) is 37.9 Å². The summed E-state index contributed by atoms with van der Waals surface area (Å²) >= 11 is 3.53. The normalized spacial score (nSPS) is 28.5. The molecule has 0 spiro atoms. The van der Waals surface area contributed by atoms with Crippen molar-refractivity contribution in [1.29, 1.82) is 0 Å². The number of halogens is 1. The predicted molar refractivity (Wildman–Crippen MR) is 83.0 cm³/mol. The van der Waals surface area contributed by atoms with Crippen molar-refractivity contribution in [3.63, 3.8) is 0 Å². The van der Waals surface area contributed by atoms with E-state index in [0.29, 0.717) is 0 Å². The van der Waals surface area contributed by atoms with Crippen LogP contribution in [0.2, 0.25) is 0 Å². The third-order valence-corrected chi connectivity index (χ3v) is 5.08. The molecule has 1 aromatic rings. The van der Waals surface area contributed by atoms with Gasteiger partial charge in [0, 0.05) is 41.9 Å².